The summed E-state index contributed by atoms with van der Waals surface area (Å²) in [5.41, 5.74) is -0.955. The van der Waals surface area contributed by atoms with Gasteiger partial charge in [0.15, 0.2) is 0 Å². The van der Waals surface area contributed by atoms with Crippen molar-refractivity contribution in [2.75, 3.05) is 5.32 Å². The molecule has 16 heavy (non-hydrogen) atoms. The van der Waals surface area contributed by atoms with Gasteiger partial charge in [-0.2, -0.15) is 0 Å². The van der Waals surface area contributed by atoms with Crippen molar-refractivity contribution in [3.05, 3.63) is 23.8 Å². The van der Waals surface area contributed by atoms with Crippen LogP contribution in [0.15, 0.2) is 18.2 Å². The van der Waals surface area contributed by atoms with E-state index in [0.29, 0.717) is 6.07 Å². The topological polar surface area (TPSA) is 46.2 Å². The van der Waals surface area contributed by atoms with Crippen molar-refractivity contribution in [1.29, 1.82) is 0 Å². The van der Waals surface area contributed by atoms with Crippen LogP contribution in [0.3, 0.4) is 0 Å². The molecule has 1 aromatic carbocycles. The van der Waals surface area contributed by atoms with Crippen LogP contribution in [0.4, 0.5) is 18.6 Å². The zero-order valence-electron chi connectivity index (χ0n) is 8.26. The summed E-state index contributed by atoms with van der Waals surface area (Å²) in [5, 5.41) is 2.18. The fourth-order valence-corrected chi connectivity index (χ4v) is 1.36. The number of Topliss-reactive ketones (excluding diaryl/α,β-unsaturated/α-hetero) is 1. The fourth-order valence-electron chi connectivity index (χ4n) is 1.36. The van der Waals surface area contributed by atoms with Crippen molar-refractivity contribution in [1.82, 2.24) is 0 Å². The van der Waals surface area contributed by atoms with Gasteiger partial charge in [-0.25, -0.2) is 0 Å². The minimum absolute atomic E-state index is 0. The summed E-state index contributed by atoms with van der Waals surface area (Å²) in [6.07, 6.45) is 0. The maximum Gasteiger partial charge on any atom is 1.00 e. The van der Waals surface area contributed by atoms with E-state index in [4.69, 9.17) is 0 Å². The van der Waals surface area contributed by atoms with Gasteiger partial charge in [0.25, 0.3) is 11.7 Å². The van der Waals surface area contributed by atoms with Crippen molar-refractivity contribution < 1.29 is 73.9 Å². The monoisotopic (exact) mass is 253 g/mol. The van der Waals surface area contributed by atoms with Gasteiger partial charge in [-0.15, -0.1) is 5.46 Å². The Hall–Kier alpha value is -0.149. The third kappa shape index (κ3) is 2.40. The summed E-state index contributed by atoms with van der Waals surface area (Å²) in [6.45, 7) is -5.15. The first-order valence-electron chi connectivity index (χ1n) is 4.09. The second-order valence-corrected chi connectivity index (χ2v) is 3.16. The average Bonchev–Trinajstić information content (AvgIpc) is 2.41. The summed E-state index contributed by atoms with van der Waals surface area (Å²) in [7, 11) is 0. The van der Waals surface area contributed by atoms with Crippen LogP contribution < -0.4 is 62.2 Å². The Kier molecular flexibility index (Phi) is 4.01. The molecule has 0 atom stereocenters. The number of hydrogen-bond acceptors (Lipinski definition) is 2. The van der Waals surface area contributed by atoms with Crippen LogP contribution in [-0.4, -0.2) is 18.7 Å². The summed E-state index contributed by atoms with van der Waals surface area (Å²) in [6, 6.07) is 2.63. The maximum absolute atomic E-state index is 12.3. The number of ketones is 1. The number of benzene rings is 1. The number of carbonyl (C=O) groups is 2. The van der Waals surface area contributed by atoms with Gasteiger partial charge in [0.05, 0.1) is 5.69 Å². The van der Waals surface area contributed by atoms with Crippen molar-refractivity contribution in [2.24, 2.45) is 0 Å². The Morgan fingerprint density at radius 2 is 1.75 bits per heavy atom. The van der Waals surface area contributed by atoms with E-state index in [1.165, 1.54) is 0 Å². The van der Waals surface area contributed by atoms with E-state index in [1.807, 2.05) is 0 Å². The van der Waals surface area contributed by atoms with Gasteiger partial charge in [-0.05, 0) is 6.07 Å². The molecule has 0 saturated carbocycles. The summed E-state index contributed by atoms with van der Waals surface area (Å²) >= 11 is 0. The van der Waals surface area contributed by atoms with Crippen LogP contribution in [0.5, 0.6) is 0 Å². The van der Waals surface area contributed by atoms with E-state index in [2.05, 4.69) is 5.32 Å². The third-order valence-electron chi connectivity index (χ3n) is 2.12. The SMILES string of the molecule is O=C1Nc2ccc([B-](F)(F)F)cc2C1=O.[K+]. The minimum atomic E-state index is -5.15. The average molecular weight is 253 g/mol. The Morgan fingerprint density at radius 1 is 1.12 bits per heavy atom. The van der Waals surface area contributed by atoms with Crippen LogP contribution in [0, 0.1) is 0 Å². The van der Waals surface area contributed by atoms with Crippen LogP contribution in [-0.2, 0) is 4.79 Å². The second-order valence-electron chi connectivity index (χ2n) is 3.16. The number of carbonyl (C=O) groups excluding carboxylic acids is 2. The van der Waals surface area contributed by atoms with Gasteiger partial charge >= 0.3 is 58.4 Å². The van der Waals surface area contributed by atoms with E-state index >= 15 is 0 Å². The van der Waals surface area contributed by atoms with E-state index in [-0.39, 0.29) is 62.6 Å². The molecule has 1 heterocycles. The Balaban J connectivity index is 0.00000128. The van der Waals surface area contributed by atoms with Gasteiger partial charge < -0.3 is 18.3 Å². The zero-order valence-corrected chi connectivity index (χ0v) is 11.4. The molecular formula is C8H4BF3KNO2. The first kappa shape index (κ1) is 13.9. The molecule has 1 N–H and O–H groups in total. The third-order valence-corrected chi connectivity index (χ3v) is 2.12. The Morgan fingerprint density at radius 3 is 2.31 bits per heavy atom. The van der Waals surface area contributed by atoms with Crippen molar-refractivity contribution in [3.8, 4) is 0 Å². The standard InChI is InChI=1S/C8H4BF3NO2.K/c10-9(11,12)4-1-2-6-5(3-4)7(14)8(15)13-6;/h1-3H,(H,13,14,15);/q-1;+1. The number of anilines is 1. The molecular weight excluding hydrogens is 249 g/mol. The van der Waals surface area contributed by atoms with Gasteiger partial charge in [0, 0.05) is 5.56 Å². The molecule has 0 fully saturated rings. The van der Waals surface area contributed by atoms with Crippen molar-refractivity contribution in [3.63, 3.8) is 0 Å². The molecule has 2 rings (SSSR count). The summed E-state index contributed by atoms with van der Waals surface area (Å²) in [4.78, 5) is 22.0. The molecule has 1 aliphatic heterocycles. The second kappa shape index (κ2) is 4.61. The van der Waals surface area contributed by atoms with Crippen molar-refractivity contribution >= 4 is 29.8 Å². The molecule has 78 valence electrons. The van der Waals surface area contributed by atoms with Crippen molar-refractivity contribution in [2.45, 2.75) is 0 Å². The smallest absolute Gasteiger partial charge is 0.445 e. The van der Waals surface area contributed by atoms with Crippen LogP contribution in [0.1, 0.15) is 10.4 Å². The number of nitrogens with one attached hydrogen (secondary N) is 1. The van der Waals surface area contributed by atoms with Gasteiger partial charge in [-0.1, -0.05) is 12.1 Å². The minimum Gasteiger partial charge on any atom is -0.445 e. The number of hydrogen-bond donors (Lipinski definition) is 1. The zero-order chi connectivity index (χ0) is 11.2. The van der Waals surface area contributed by atoms with Gasteiger partial charge in [0.1, 0.15) is 0 Å². The molecule has 0 bridgehead atoms. The van der Waals surface area contributed by atoms with Crippen LogP contribution in [0.25, 0.3) is 0 Å². The Labute approximate surface area is 131 Å². The predicted molar refractivity (Wildman–Crippen MR) is 48.1 cm³/mol. The molecule has 1 amide bonds. The molecule has 0 aliphatic carbocycles. The Bertz CT molecular complexity index is 475. The summed E-state index contributed by atoms with van der Waals surface area (Å²) < 4.78 is 37.0. The normalized spacial score (nSPS) is 14.2. The van der Waals surface area contributed by atoms with Gasteiger partial charge in [-0.3, -0.25) is 9.59 Å². The summed E-state index contributed by atoms with van der Waals surface area (Å²) in [5.74, 6) is -1.82. The first-order chi connectivity index (χ1) is 6.89. The van der Waals surface area contributed by atoms with Crippen LogP contribution >= 0.6 is 0 Å². The van der Waals surface area contributed by atoms with E-state index in [1.54, 1.807) is 0 Å². The van der Waals surface area contributed by atoms with Gasteiger partial charge in [0.2, 0.25) is 0 Å². The predicted octanol–water partition coefficient (Wildman–Crippen LogP) is -2.12. The molecule has 0 aromatic heterocycles. The van der Waals surface area contributed by atoms with E-state index in [0.717, 1.165) is 12.1 Å². The number of fused-ring (bicyclic) bond motifs is 1. The molecule has 0 spiro atoms. The largest absolute Gasteiger partial charge is 1.00 e. The molecule has 0 saturated heterocycles. The maximum atomic E-state index is 12.3. The quantitative estimate of drug-likeness (QED) is 0.459. The number of halogens is 3. The molecule has 8 heteroatoms. The number of amides is 1. The van der Waals surface area contributed by atoms with Crippen LogP contribution in [0.2, 0.25) is 0 Å². The molecule has 1 aliphatic rings. The first-order valence-corrected chi connectivity index (χ1v) is 4.09. The molecule has 3 nitrogen and oxygen atoms in total. The van der Waals surface area contributed by atoms with E-state index in [9.17, 15) is 22.5 Å². The number of rotatable bonds is 1. The fraction of sp³-hybridized carbons (Fsp3) is 0. The molecule has 0 radical (unpaired) electrons. The molecule has 1 aromatic rings. The molecule has 0 unspecified atom stereocenters. The van der Waals surface area contributed by atoms with E-state index < -0.39 is 24.1 Å².